The SMILES string of the molecule is CCN(CC(C)(C)CN)C(=O)c1cc([N+](=O)[O-])cnc1Cl. The molecule has 0 aliphatic heterocycles. The van der Waals surface area contributed by atoms with E-state index in [0.717, 1.165) is 12.3 Å². The molecule has 2 N–H and O–H groups in total. The molecule has 1 amide bonds. The van der Waals surface area contributed by atoms with Gasteiger partial charge in [-0.05, 0) is 18.9 Å². The number of carbonyl (C=O) groups excluding carboxylic acids is 1. The minimum atomic E-state index is -0.611. The lowest BCUT2D eigenvalue weighted by Gasteiger charge is -2.31. The molecule has 0 bridgehead atoms. The summed E-state index contributed by atoms with van der Waals surface area (Å²) in [5, 5.41) is 10.7. The second-order valence-corrected chi connectivity index (χ2v) is 5.83. The average Bonchev–Trinajstić information content (AvgIpc) is 2.44. The number of hydrogen-bond donors (Lipinski definition) is 1. The Morgan fingerprint density at radius 2 is 2.19 bits per heavy atom. The second kappa shape index (κ2) is 6.82. The molecule has 21 heavy (non-hydrogen) atoms. The van der Waals surface area contributed by atoms with Gasteiger partial charge in [0.2, 0.25) is 0 Å². The van der Waals surface area contributed by atoms with Gasteiger partial charge in [0.25, 0.3) is 11.6 Å². The molecule has 0 saturated heterocycles. The first-order chi connectivity index (χ1) is 9.71. The summed E-state index contributed by atoms with van der Waals surface area (Å²) >= 11 is 5.90. The smallest absolute Gasteiger partial charge is 0.288 e. The highest BCUT2D eigenvalue weighted by Gasteiger charge is 2.26. The van der Waals surface area contributed by atoms with Crippen molar-refractivity contribution in [1.82, 2.24) is 9.88 Å². The molecule has 0 aliphatic carbocycles. The minimum absolute atomic E-state index is 0.0283. The van der Waals surface area contributed by atoms with E-state index in [0.29, 0.717) is 19.6 Å². The Bertz CT molecular complexity index is 548. The summed E-state index contributed by atoms with van der Waals surface area (Å²) in [6.45, 7) is 6.99. The van der Waals surface area contributed by atoms with Crippen LogP contribution in [-0.2, 0) is 0 Å². The second-order valence-electron chi connectivity index (χ2n) is 5.48. The van der Waals surface area contributed by atoms with Crippen molar-refractivity contribution in [1.29, 1.82) is 0 Å². The van der Waals surface area contributed by atoms with E-state index in [1.807, 2.05) is 20.8 Å². The van der Waals surface area contributed by atoms with Crippen LogP contribution >= 0.6 is 11.6 Å². The van der Waals surface area contributed by atoms with Crippen molar-refractivity contribution >= 4 is 23.2 Å². The van der Waals surface area contributed by atoms with Crippen LogP contribution in [0.2, 0.25) is 5.15 Å². The highest BCUT2D eigenvalue weighted by molar-refractivity contribution is 6.32. The monoisotopic (exact) mass is 314 g/mol. The summed E-state index contributed by atoms with van der Waals surface area (Å²) in [4.78, 5) is 27.9. The molecule has 1 aromatic heterocycles. The zero-order valence-electron chi connectivity index (χ0n) is 12.3. The lowest BCUT2D eigenvalue weighted by molar-refractivity contribution is -0.385. The van der Waals surface area contributed by atoms with Gasteiger partial charge in [-0.2, -0.15) is 0 Å². The van der Waals surface area contributed by atoms with Crippen LogP contribution in [0.4, 0.5) is 5.69 Å². The highest BCUT2D eigenvalue weighted by atomic mass is 35.5. The van der Waals surface area contributed by atoms with Gasteiger partial charge in [0.1, 0.15) is 11.3 Å². The molecule has 8 heteroatoms. The summed E-state index contributed by atoms with van der Waals surface area (Å²) in [6.07, 6.45) is 1.03. The molecule has 1 aromatic rings. The first-order valence-electron chi connectivity index (χ1n) is 6.51. The number of pyridine rings is 1. The number of carbonyl (C=O) groups is 1. The summed E-state index contributed by atoms with van der Waals surface area (Å²) in [5.74, 6) is -0.389. The quantitative estimate of drug-likeness (QED) is 0.492. The van der Waals surface area contributed by atoms with E-state index >= 15 is 0 Å². The number of aromatic nitrogens is 1. The van der Waals surface area contributed by atoms with Crippen molar-refractivity contribution in [2.24, 2.45) is 11.1 Å². The van der Waals surface area contributed by atoms with Crippen LogP contribution in [0.15, 0.2) is 12.3 Å². The molecule has 0 aromatic carbocycles. The van der Waals surface area contributed by atoms with Gasteiger partial charge in [-0.3, -0.25) is 14.9 Å². The van der Waals surface area contributed by atoms with Crippen LogP contribution in [0.3, 0.4) is 0 Å². The standard InChI is InChI=1S/C13H19ClN4O3/c1-4-17(8-13(2,3)7-15)12(19)10-5-9(18(20)21)6-16-11(10)14/h5-6H,4,7-8,15H2,1-3H3. The van der Waals surface area contributed by atoms with Crippen LogP contribution in [0.25, 0.3) is 0 Å². The van der Waals surface area contributed by atoms with E-state index in [9.17, 15) is 14.9 Å². The molecule has 0 unspecified atom stereocenters. The molecule has 0 saturated carbocycles. The molecular formula is C13H19ClN4O3. The van der Waals surface area contributed by atoms with E-state index in [-0.39, 0.29) is 27.7 Å². The molecule has 7 nitrogen and oxygen atoms in total. The maximum Gasteiger partial charge on any atom is 0.288 e. The van der Waals surface area contributed by atoms with E-state index < -0.39 is 4.92 Å². The summed E-state index contributed by atoms with van der Waals surface area (Å²) in [6, 6.07) is 1.15. The van der Waals surface area contributed by atoms with E-state index in [2.05, 4.69) is 4.98 Å². The Balaban J connectivity index is 3.10. The number of amides is 1. The maximum atomic E-state index is 12.5. The molecule has 0 spiro atoms. The first-order valence-corrected chi connectivity index (χ1v) is 6.89. The Hall–Kier alpha value is -1.73. The van der Waals surface area contributed by atoms with E-state index in [1.165, 1.54) is 0 Å². The van der Waals surface area contributed by atoms with Gasteiger partial charge in [0.15, 0.2) is 0 Å². The number of nitro groups is 1. The molecule has 0 fully saturated rings. The fourth-order valence-corrected chi connectivity index (χ4v) is 1.95. The van der Waals surface area contributed by atoms with Crippen molar-refractivity contribution < 1.29 is 9.72 Å². The zero-order valence-corrected chi connectivity index (χ0v) is 13.1. The Labute approximate surface area is 128 Å². The molecule has 116 valence electrons. The van der Waals surface area contributed by atoms with Crippen molar-refractivity contribution in [2.45, 2.75) is 20.8 Å². The van der Waals surface area contributed by atoms with Gasteiger partial charge in [0, 0.05) is 19.2 Å². The van der Waals surface area contributed by atoms with Gasteiger partial charge in [-0.1, -0.05) is 25.4 Å². The van der Waals surface area contributed by atoms with Crippen molar-refractivity contribution in [3.63, 3.8) is 0 Å². The third-order valence-electron chi connectivity index (χ3n) is 3.11. The van der Waals surface area contributed by atoms with Crippen LogP contribution < -0.4 is 5.73 Å². The average molecular weight is 315 g/mol. The predicted molar refractivity (Wildman–Crippen MR) is 80.3 cm³/mol. The zero-order chi connectivity index (χ0) is 16.2. The lowest BCUT2D eigenvalue weighted by atomic mass is 9.93. The van der Waals surface area contributed by atoms with Crippen LogP contribution in [0.1, 0.15) is 31.1 Å². The molecule has 0 atom stereocenters. The molecule has 1 rings (SSSR count). The van der Waals surface area contributed by atoms with Crippen molar-refractivity contribution in [3.8, 4) is 0 Å². The Morgan fingerprint density at radius 1 is 1.57 bits per heavy atom. The van der Waals surface area contributed by atoms with Gasteiger partial charge >= 0.3 is 0 Å². The normalized spacial score (nSPS) is 11.3. The summed E-state index contributed by atoms with van der Waals surface area (Å²) in [7, 11) is 0. The van der Waals surface area contributed by atoms with Gasteiger partial charge in [-0.15, -0.1) is 0 Å². The fourth-order valence-electron chi connectivity index (χ4n) is 1.77. The third kappa shape index (κ3) is 4.37. The minimum Gasteiger partial charge on any atom is -0.338 e. The Morgan fingerprint density at radius 3 is 2.67 bits per heavy atom. The van der Waals surface area contributed by atoms with E-state index in [4.69, 9.17) is 17.3 Å². The summed E-state index contributed by atoms with van der Waals surface area (Å²) in [5.41, 5.74) is 5.18. The van der Waals surface area contributed by atoms with Crippen molar-refractivity contribution in [2.75, 3.05) is 19.6 Å². The number of hydrogen-bond acceptors (Lipinski definition) is 5. The van der Waals surface area contributed by atoms with Gasteiger partial charge < -0.3 is 10.6 Å². The molecule has 0 aliphatic rings. The largest absolute Gasteiger partial charge is 0.338 e. The fraction of sp³-hybridized carbons (Fsp3) is 0.538. The van der Waals surface area contributed by atoms with Gasteiger partial charge in [-0.25, -0.2) is 4.98 Å². The number of halogens is 1. The Kier molecular flexibility index (Phi) is 5.62. The van der Waals surface area contributed by atoms with E-state index in [1.54, 1.807) is 4.90 Å². The predicted octanol–water partition coefficient (Wildman–Crippen LogP) is 2.09. The third-order valence-corrected chi connectivity index (χ3v) is 3.41. The highest BCUT2D eigenvalue weighted by Crippen LogP contribution is 2.23. The summed E-state index contributed by atoms with van der Waals surface area (Å²) < 4.78 is 0. The topological polar surface area (TPSA) is 102 Å². The first kappa shape index (κ1) is 17.3. The lowest BCUT2D eigenvalue weighted by Crippen LogP contribution is -2.42. The van der Waals surface area contributed by atoms with Crippen LogP contribution in [0, 0.1) is 15.5 Å². The number of nitrogens with two attached hydrogens (primary N) is 1. The van der Waals surface area contributed by atoms with Crippen LogP contribution in [-0.4, -0.2) is 40.3 Å². The number of rotatable bonds is 6. The molecule has 1 heterocycles. The van der Waals surface area contributed by atoms with Crippen LogP contribution in [0.5, 0.6) is 0 Å². The molecular weight excluding hydrogens is 296 g/mol. The van der Waals surface area contributed by atoms with Gasteiger partial charge in [0.05, 0.1) is 10.5 Å². The van der Waals surface area contributed by atoms with Crippen molar-refractivity contribution in [3.05, 3.63) is 33.1 Å². The number of nitrogens with zero attached hydrogens (tertiary/aromatic N) is 3. The molecule has 0 radical (unpaired) electrons. The maximum absolute atomic E-state index is 12.5.